The molecule has 1 saturated heterocycles. The smallest absolute Gasteiger partial charge is 0.343 e. The first-order valence-corrected chi connectivity index (χ1v) is 13.4. The molecule has 3 fully saturated rings. The lowest BCUT2D eigenvalue weighted by atomic mass is 9.45. The van der Waals surface area contributed by atoms with Crippen LogP contribution >= 0.6 is 0 Å². The number of hydrogen-bond acceptors (Lipinski definition) is 9. The second kappa shape index (κ2) is 10.4. The average Bonchev–Trinajstić information content (AvgIpc) is 3.26. The third kappa shape index (κ3) is 4.73. The highest BCUT2D eigenvalue weighted by Gasteiger charge is 2.59. The number of nitrogen functional groups attached to an aromatic ring is 1. The average molecular weight is 523 g/mol. The normalized spacial score (nSPS) is 37.4. The van der Waals surface area contributed by atoms with Gasteiger partial charge >= 0.3 is 5.97 Å². The Balaban J connectivity index is 1.47. The lowest BCUT2D eigenvalue weighted by molar-refractivity contribution is -0.156. The van der Waals surface area contributed by atoms with E-state index in [4.69, 9.17) is 15.2 Å². The Bertz CT molecular complexity index is 1170. The molecule has 4 aliphatic rings. The second-order valence-corrected chi connectivity index (χ2v) is 11.5. The summed E-state index contributed by atoms with van der Waals surface area (Å²) >= 11 is 0. The highest BCUT2D eigenvalue weighted by Crippen LogP contribution is 2.61. The van der Waals surface area contributed by atoms with Crippen molar-refractivity contribution in [1.82, 2.24) is 14.9 Å². The van der Waals surface area contributed by atoms with Crippen molar-refractivity contribution in [3.63, 3.8) is 0 Å². The molecule has 2 aliphatic heterocycles. The molecule has 0 amide bonds. The molecule has 3 unspecified atom stereocenters. The number of nitrogens with zero attached hydrogens (tertiary/aromatic N) is 3. The number of cyclic esters (lactones) is 1. The van der Waals surface area contributed by atoms with E-state index in [1.165, 1.54) is 0 Å². The third-order valence-corrected chi connectivity index (χ3v) is 9.35. The maximum Gasteiger partial charge on any atom is 0.343 e. The van der Waals surface area contributed by atoms with Crippen molar-refractivity contribution in [2.75, 3.05) is 38.6 Å². The van der Waals surface area contributed by atoms with Crippen LogP contribution < -0.4 is 5.73 Å². The van der Waals surface area contributed by atoms with Gasteiger partial charge in [0.05, 0.1) is 31.5 Å². The molecule has 2 aliphatic carbocycles. The predicted molar refractivity (Wildman–Crippen MR) is 143 cm³/mol. The predicted octanol–water partition coefficient (Wildman–Crippen LogP) is 2.49. The van der Waals surface area contributed by atoms with Gasteiger partial charge in [-0.1, -0.05) is 38.2 Å². The van der Waals surface area contributed by atoms with Gasteiger partial charge in [0.25, 0.3) is 0 Å². The summed E-state index contributed by atoms with van der Waals surface area (Å²) in [5.74, 6) is 0.199. The fourth-order valence-corrected chi connectivity index (χ4v) is 7.07. The van der Waals surface area contributed by atoms with Crippen LogP contribution in [0, 0.1) is 22.7 Å². The molecule has 3 heterocycles. The zero-order valence-corrected chi connectivity index (χ0v) is 22.2. The fourth-order valence-electron chi connectivity index (χ4n) is 7.07. The van der Waals surface area contributed by atoms with E-state index in [0.29, 0.717) is 36.5 Å². The number of allylic oxidation sites excluding steroid dienone is 2. The SMILES string of the molecule is C=C1C(N2CCOCC2)CC2[C@](C)(CC[C@@H](O)[C@@]2(C)CO)C1/C=C/C1=CC(=C\c2cnc(N)nc2)/OC1=O. The van der Waals surface area contributed by atoms with Gasteiger partial charge < -0.3 is 25.4 Å². The van der Waals surface area contributed by atoms with E-state index in [0.717, 1.165) is 31.5 Å². The van der Waals surface area contributed by atoms with E-state index in [1.807, 2.05) is 13.0 Å². The van der Waals surface area contributed by atoms with Gasteiger partial charge in [0, 0.05) is 48.4 Å². The minimum atomic E-state index is -0.618. The van der Waals surface area contributed by atoms with E-state index < -0.39 is 17.5 Å². The maximum absolute atomic E-state index is 12.7. The molecule has 0 bridgehead atoms. The van der Waals surface area contributed by atoms with Gasteiger partial charge in [-0.3, -0.25) is 4.90 Å². The number of aromatic nitrogens is 2. The summed E-state index contributed by atoms with van der Waals surface area (Å²) in [7, 11) is 0. The standard InChI is InChI=1S/C29H38N4O5/c1-18-22(5-4-20-13-21(38-26(20)36)12-19-15-31-27(30)32-16-19)28(2)7-6-25(35)29(3,17-34)24(28)14-23(18)33-8-10-37-11-9-33/h4-5,12-13,15-16,22-25,34-35H,1,6-11,14,17H2,2-3H3,(H2,30,31,32)/b5-4+,21-12+/t22?,23?,24?,25-,28-,29+/m1/s1. The zero-order valence-electron chi connectivity index (χ0n) is 22.2. The van der Waals surface area contributed by atoms with Crippen molar-refractivity contribution >= 4 is 18.0 Å². The number of hydrogen-bond donors (Lipinski definition) is 3. The molecule has 4 N–H and O–H groups in total. The molecule has 1 aromatic heterocycles. The van der Waals surface area contributed by atoms with Crippen molar-refractivity contribution in [2.45, 2.75) is 45.3 Å². The number of fused-ring (bicyclic) bond motifs is 1. The third-order valence-electron chi connectivity index (χ3n) is 9.35. The zero-order chi connectivity index (χ0) is 27.1. The van der Waals surface area contributed by atoms with E-state index in [2.05, 4.69) is 34.4 Å². The number of nitrogens with two attached hydrogens (primary N) is 1. The van der Waals surface area contributed by atoms with Crippen LogP contribution in [0.25, 0.3) is 6.08 Å². The van der Waals surface area contributed by atoms with E-state index in [9.17, 15) is 15.0 Å². The van der Waals surface area contributed by atoms with Gasteiger partial charge in [-0.2, -0.15) is 0 Å². The molecule has 1 aromatic rings. The van der Waals surface area contributed by atoms with Gasteiger partial charge in [-0.15, -0.1) is 0 Å². The van der Waals surface area contributed by atoms with Crippen molar-refractivity contribution in [1.29, 1.82) is 0 Å². The monoisotopic (exact) mass is 522 g/mol. The van der Waals surface area contributed by atoms with Crippen molar-refractivity contribution in [3.8, 4) is 0 Å². The van der Waals surface area contributed by atoms with Crippen LogP contribution in [0.2, 0.25) is 0 Å². The highest BCUT2D eigenvalue weighted by molar-refractivity contribution is 5.96. The second-order valence-electron chi connectivity index (χ2n) is 11.5. The first-order valence-electron chi connectivity index (χ1n) is 13.4. The van der Waals surface area contributed by atoms with Crippen LogP contribution in [0.4, 0.5) is 5.95 Å². The molecule has 6 atom stereocenters. The van der Waals surface area contributed by atoms with Crippen LogP contribution in [-0.2, 0) is 14.3 Å². The lowest BCUT2D eigenvalue weighted by Gasteiger charge is -2.62. The Morgan fingerprint density at radius 2 is 1.97 bits per heavy atom. The Hall–Kier alpha value is -2.85. The van der Waals surface area contributed by atoms with Gasteiger partial charge in [0.1, 0.15) is 5.76 Å². The molecule has 38 heavy (non-hydrogen) atoms. The quantitative estimate of drug-likeness (QED) is 0.394. The number of ether oxygens (including phenoxy) is 2. The Morgan fingerprint density at radius 3 is 2.66 bits per heavy atom. The molecule has 2 saturated carbocycles. The Kier molecular flexibility index (Phi) is 7.30. The number of morpholine rings is 1. The van der Waals surface area contributed by atoms with Crippen LogP contribution in [0.5, 0.6) is 0 Å². The largest absolute Gasteiger partial charge is 0.423 e. The molecule has 9 nitrogen and oxygen atoms in total. The van der Waals surface area contributed by atoms with Crippen LogP contribution in [0.1, 0.15) is 38.7 Å². The topological polar surface area (TPSA) is 131 Å². The summed E-state index contributed by atoms with van der Waals surface area (Å²) in [4.78, 5) is 23.1. The van der Waals surface area contributed by atoms with Gasteiger partial charge in [0.15, 0.2) is 0 Å². The Morgan fingerprint density at radius 1 is 1.26 bits per heavy atom. The molecule has 0 spiro atoms. The summed E-state index contributed by atoms with van der Waals surface area (Å²) in [5.41, 5.74) is 6.95. The summed E-state index contributed by atoms with van der Waals surface area (Å²) in [6, 6.07) is 0.105. The number of esters is 1. The molecular formula is C29H38N4O5. The first kappa shape index (κ1) is 26.7. The number of aliphatic hydroxyl groups excluding tert-OH is 2. The van der Waals surface area contributed by atoms with Crippen molar-refractivity contribution < 1.29 is 24.5 Å². The summed E-state index contributed by atoms with van der Waals surface area (Å²) in [6.07, 6.45) is 12.2. The fraction of sp³-hybridized carbons (Fsp3) is 0.552. The summed E-state index contributed by atoms with van der Waals surface area (Å²) in [6.45, 7) is 11.8. The summed E-state index contributed by atoms with van der Waals surface area (Å²) < 4.78 is 11.1. The Labute approximate surface area is 223 Å². The minimum absolute atomic E-state index is 0.0419. The molecule has 0 aromatic carbocycles. The molecular weight excluding hydrogens is 484 g/mol. The first-order chi connectivity index (χ1) is 18.2. The van der Waals surface area contributed by atoms with Crippen molar-refractivity contribution in [3.05, 3.63) is 59.7 Å². The van der Waals surface area contributed by atoms with E-state index in [-0.39, 0.29) is 35.8 Å². The van der Waals surface area contributed by atoms with E-state index in [1.54, 1.807) is 24.5 Å². The molecule has 5 rings (SSSR count). The van der Waals surface area contributed by atoms with Crippen LogP contribution in [0.15, 0.2) is 54.1 Å². The molecule has 0 radical (unpaired) electrons. The summed E-state index contributed by atoms with van der Waals surface area (Å²) in [5, 5.41) is 21.5. The lowest BCUT2D eigenvalue weighted by Crippen LogP contribution is -2.61. The number of anilines is 1. The number of carbonyl (C=O) groups is 1. The van der Waals surface area contributed by atoms with Crippen molar-refractivity contribution in [2.24, 2.45) is 22.7 Å². The minimum Gasteiger partial charge on any atom is -0.423 e. The van der Waals surface area contributed by atoms with Gasteiger partial charge in [-0.05, 0) is 42.7 Å². The molecule has 9 heteroatoms. The van der Waals surface area contributed by atoms with Gasteiger partial charge in [0.2, 0.25) is 5.95 Å². The van der Waals surface area contributed by atoms with Crippen LogP contribution in [0.3, 0.4) is 0 Å². The molecule has 204 valence electrons. The highest BCUT2D eigenvalue weighted by atomic mass is 16.5. The van der Waals surface area contributed by atoms with Gasteiger partial charge in [-0.25, -0.2) is 14.8 Å². The van der Waals surface area contributed by atoms with E-state index >= 15 is 0 Å². The number of carbonyl (C=O) groups excluding carboxylic acids is 1. The van der Waals surface area contributed by atoms with Crippen LogP contribution in [-0.4, -0.2) is 76.1 Å². The maximum atomic E-state index is 12.7. The number of aliphatic hydroxyl groups is 2. The number of rotatable bonds is 5.